The standard InChI is InChI=1S/C19H15ClF3N5O2/c20-15-9-12(19(21,22)23)10-25-18(15)27-7-5-26(6-8-27)16-1-2-17(28(29)30)14-11-24-4-3-13(14)16/h1-4,9-11H,5-8H2. The molecule has 7 nitrogen and oxygen atoms in total. The normalized spacial score (nSPS) is 14.9. The quantitative estimate of drug-likeness (QED) is 0.442. The van der Waals surface area contributed by atoms with Gasteiger partial charge in [-0.05, 0) is 18.2 Å². The third-order valence-corrected chi connectivity index (χ3v) is 5.32. The first kappa shape index (κ1) is 20.1. The number of pyridine rings is 2. The molecular formula is C19H15ClF3N5O2. The molecule has 3 heterocycles. The van der Waals surface area contributed by atoms with Crippen LogP contribution in [0.5, 0.6) is 0 Å². The second-order valence-electron chi connectivity index (χ2n) is 6.78. The van der Waals surface area contributed by atoms with Gasteiger partial charge in [-0.25, -0.2) is 4.98 Å². The molecule has 1 aromatic carbocycles. The zero-order chi connectivity index (χ0) is 21.5. The predicted octanol–water partition coefficient (Wildman–Crippen LogP) is 4.54. The molecule has 30 heavy (non-hydrogen) atoms. The number of aromatic nitrogens is 2. The van der Waals surface area contributed by atoms with Gasteiger partial charge < -0.3 is 9.80 Å². The highest BCUT2D eigenvalue weighted by Gasteiger charge is 2.32. The Hall–Kier alpha value is -3.14. The molecule has 1 aliphatic heterocycles. The zero-order valence-corrected chi connectivity index (χ0v) is 16.2. The largest absolute Gasteiger partial charge is 0.417 e. The van der Waals surface area contributed by atoms with Crippen LogP contribution in [0.3, 0.4) is 0 Å². The molecule has 4 rings (SSSR count). The molecule has 2 aromatic heterocycles. The third kappa shape index (κ3) is 3.70. The van der Waals surface area contributed by atoms with Crippen LogP contribution in [0.1, 0.15) is 5.56 Å². The molecule has 0 aliphatic carbocycles. The number of nitro benzene ring substituents is 1. The lowest BCUT2D eigenvalue weighted by Crippen LogP contribution is -2.47. The Balaban J connectivity index is 1.56. The van der Waals surface area contributed by atoms with Gasteiger partial charge in [-0.3, -0.25) is 15.1 Å². The first-order valence-electron chi connectivity index (χ1n) is 8.99. The van der Waals surface area contributed by atoms with Gasteiger partial charge in [-0.15, -0.1) is 0 Å². The SMILES string of the molecule is O=[N+]([O-])c1ccc(N2CCN(c3ncc(C(F)(F)F)cc3Cl)CC2)c2ccncc12. The van der Waals surface area contributed by atoms with E-state index < -0.39 is 16.7 Å². The van der Waals surface area contributed by atoms with E-state index in [4.69, 9.17) is 11.6 Å². The van der Waals surface area contributed by atoms with E-state index in [0.717, 1.165) is 23.3 Å². The summed E-state index contributed by atoms with van der Waals surface area (Å²) in [5.41, 5.74) is -0.0637. The number of fused-ring (bicyclic) bond motifs is 1. The van der Waals surface area contributed by atoms with Gasteiger partial charge in [0.25, 0.3) is 5.69 Å². The summed E-state index contributed by atoms with van der Waals surface area (Å²) < 4.78 is 38.5. The Morgan fingerprint density at radius 2 is 1.73 bits per heavy atom. The van der Waals surface area contributed by atoms with E-state index in [1.807, 2.05) is 4.90 Å². The number of non-ortho nitro benzene ring substituents is 1. The van der Waals surface area contributed by atoms with E-state index in [1.165, 1.54) is 12.3 Å². The molecule has 0 amide bonds. The minimum absolute atomic E-state index is 0.0128. The Morgan fingerprint density at radius 1 is 1.03 bits per heavy atom. The number of nitrogens with zero attached hydrogens (tertiary/aromatic N) is 5. The van der Waals surface area contributed by atoms with Crippen LogP contribution in [0, 0.1) is 10.1 Å². The van der Waals surface area contributed by atoms with Gasteiger partial charge in [0, 0.05) is 61.9 Å². The smallest absolute Gasteiger partial charge is 0.367 e. The molecule has 0 spiro atoms. The van der Waals surface area contributed by atoms with Crippen LogP contribution in [0.25, 0.3) is 10.8 Å². The van der Waals surface area contributed by atoms with Crippen LogP contribution in [0.4, 0.5) is 30.4 Å². The number of piperazine rings is 1. The first-order chi connectivity index (χ1) is 14.3. The average molecular weight is 438 g/mol. The molecular weight excluding hydrogens is 423 g/mol. The summed E-state index contributed by atoms with van der Waals surface area (Å²) in [5.74, 6) is 0.307. The van der Waals surface area contributed by atoms with Gasteiger partial charge in [0.1, 0.15) is 5.82 Å². The van der Waals surface area contributed by atoms with E-state index >= 15 is 0 Å². The van der Waals surface area contributed by atoms with Gasteiger partial charge in [0.2, 0.25) is 0 Å². The fourth-order valence-electron chi connectivity index (χ4n) is 3.57. The van der Waals surface area contributed by atoms with Gasteiger partial charge >= 0.3 is 6.18 Å². The van der Waals surface area contributed by atoms with Crippen LogP contribution in [-0.4, -0.2) is 41.1 Å². The summed E-state index contributed by atoms with van der Waals surface area (Å²) in [5, 5.41) is 12.4. The van der Waals surface area contributed by atoms with Crippen molar-refractivity contribution in [2.45, 2.75) is 6.18 Å². The molecule has 0 radical (unpaired) electrons. The topological polar surface area (TPSA) is 75.4 Å². The molecule has 11 heteroatoms. The summed E-state index contributed by atoms with van der Waals surface area (Å²) in [7, 11) is 0. The molecule has 1 fully saturated rings. The number of rotatable bonds is 3. The van der Waals surface area contributed by atoms with Crippen LogP contribution < -0.4 is 9.80 Å². The van der Waals surface area contributed by atoms with Crippen molar-refractivity contribution < 1.29 is 18.1 Å². The number of benzene rings is 1. The molecule has 3 aromatic rings. The predicted molar refractivity (Wildman–Crippen MR) is 107 cm³/mol. The summed E-state index contributed by atoms with van der Waals surface area (Å²) in [6, 6.07) is 5.78. The van der Waals surface area contributed by atoms with Crippen LogP contribution >= 0.6 is 11.6 Å². The second-order valence-corrected chi connectivity index (χ2v) is 7.19. The third-order valence-electron chi connectivity index (χ3n) is 5.04. The van der Waals surface area contributed by atoms with Gasteiger partial charge in [0.05, 0.1) is 20.9 Å². The maximum atomic E-state index is 12.8. The Labute approximate surface area is 173 Å². The number of nitro groups is 1. The Kier molecular flexibility index (Phi) is 5.10. The molecule has 0 unspecified atom stereocenters. The number of halogens is 4. The molecule has 0 atom stereocenters. The van der Waals surface area contributed by atoms with Crippen LogP contribution in [0.15, 0.2) is 42.9 Å². The van der Waals surface area contributed by atoms with Crippen molar-refractivity contribution in [2.24, 2.45) is 0 Å². The maximum Gasteiger partial charge on any atom is 0.417 e. The van der Waals surface area contributed by atoms with Crippen molar-refractivity contribution in [1.29, 1.82) is 0 Å². The Bertz CT molecular complexity index is 1120. The van der Waals surface area contributed by atoms with Crippen LogP contribution in [0.2, 0.25) is 5.02 Å². The Morgan fingerprint density at radius 3 is 2.37 bits per heavy atom. The zero-order valence-electron chi connectivity index (χ0n) is 15.4. The van der Waals surface area contributed by atoms with E-state index in [1.54, 1.807) is 18.3 Å². The highest BCUT2D eigenvalue weighted by Crippen LogP contribution is 2.36. The summed E-state index contributed by atoms with van der Waals surface area (Å²) in [6.45, 7) is 2.08. The highest BCUT2D eigenvalue weighted by molar-refractivity contribution is 6.33. The lowest BCUT2D eigenvalue weighted by atomic mass is 10.1. The number of alkyl halides is 3. The van der Waals surface area contributed by atoms with E-state index in [0.29, 0.717) is 37.4 Å². The summed E-state index contributed by atoms with van der Waals surface area (Å²) in [6.07, 6.45) is -0.666. The molecule has 1 saturated heterocycles. The molecule has 156 valence electrons. The molecule has 1 aliphatic rings. The first-order valence-corrected chi connectivity index (χ1v) is 9.37. The van der Waals surface area contributed by atoms with E-state index in [-0.39, 0.29) is 10.7 Å². The minimum atomic E-state index is -4.50. The highest BCUT2D eigenvalue weighted by atomic mass is 35.5. The van der Waals surface area contributed by atoms with Crippen molar-refractivity contribution in [3.05, 3.63) is 63.6 Å². The van der Waals surface area contributed by atoms with E-state index in [9.17, 15) is 23.3 Å². The lowest BCUT2D eigenvalue weighted by molar-refractivity contribution is -0.383. The average Bonchev–Trinajstić information content (AvgIpc) is 2.72. The van der Waals surface area contributed by atoms with Gasteiger partial charge in [-0.2, -0.15) is 13.2 Å². The molecule has 0 N–H and O–H groups in total. The van der Waals surface area contributed by atoms with Crippen molar-refractivity contribution in [3.8, 4) is 0 Å². The lowest BCUT2D eigenvalue weighted by Gasteiger charge is -2.37. The van der Waals surface area contributed by atoms with Crippen molar-refractivity contribution in [1.82, 2.24) is 9.97 Å². The number of hydrogen-bond donors (Lipinski definition) is 0. The second kappa shape index (κ2) is 7.60. The number of anilines is 2. The van der Waals surface area contributed by atoms with Crippen molar-refractivity contribution in [2.75, 3.05) is 36.0 Å². The van der Waals surface area contributed by atoms with Crippen molar-refractivity contribution in [3.63, 3.8) is 0 Å². The monoisotopic (exact) mass is 437 g/mol. The fraction of sp³-hybridized carbons (Fsp3) is 0.263. The summed E-state index contributed by atoms with van der Waals surface area (Å²) >= 11 is 6.06. The van der Waals surface area contributed by atoms with Gasteiger partial charge in [0.15, 0.2) is 0 Å². The van der Waals surface area contributed by atoms with Crippen LogP contribution in [-0.2, 0) is 6.18 Å². The summed E-state index contributed by atoms with van der Waals surface area (Å²) in [4.78, 5) is 22.7. The number of hydrogen-bond acceptors (Lipinski definition) is 6. The van der Waals surface area contributed by atoms with Crippen molar-refractivity contribution >= 4 is 39.6 Å². The van der Waals surface area contributed by atoms with E-state index in [2.05, 4.69) is 14.9 Å². The maximum absolute atomic E-state index is 12.8. The fourth-order valence-corrected chi connectivity index (χ4v) is 3.86. The molecule has 0 saturated carbocycles. The minimum Gasteiger partial charge on any atom is -0.367 e. The van der Waals surface area contributed by atoms with Gasteiger partial charge in [-0.1, -0.05) is 11.6 Å². The molecule has 0 bridgehead atoms.